The van der Waals surface area contributed by atoms with E-state index in [1.165, 1.54) is 0 Å². The second-order valence-electron chi connectivity index (χ2n) is 6.17. The molecule has 0 aliphatic heterocycles. The van der Waals surface area contributed by atoms with Crippen LogP contribution in [0.25, 0.3) is 0 Å². The third-order valence-electron chi connectivity index (χ3n) is 4.24. The Balaban J connectivity index is 1.96. The molecule has 0 aliphatic carbocycles. The number of carbonyl (C=O) groups excluding carboxylic acids is 1. The number of anilines is 1. The number of rotatable bonds is 8. The highest BCUT2D eigenvalue weighted by Crippen LogP contribution is 2.22. The summed E-state index contributed by atoms with van der Waals surface area (Å²) in [6.07, 6.45) is 1.72. The number of hydrogen-bond donors (Lipinski definition) is 2. The van der Waals surface area contributed by atoms with Crippen LogP contribution in [0.2, 0.25) is 0 Å². The van der Waals surface area contributed by atoms with Crippen molar-refractivity contribution < 1.29 is 13.2 Å². The molecule has 0 saturated heterocycles. The average molecular weight is 375 g/mol. The van der Waals surface area contributed by atoms with Crippen molar-refractivity contribution in [2.75, 3.05) is 11.9 Å². The van der Waals surface area contributed by atoms with Gasteiger partial charge in [0.25, 0.3) is 0 Å². The zero-order valence-corrected chi connectivity index (χ0v) is 16.3. The smallest absolute Gasteiger partial charge is 0.240 e. The van der Waals surface area contributed by atoms with E-state index in [-0.39, 0.29) is 23.8 Å². The van der Waals surface area contributed by atoms with Crippen LogP contribution in [0.5, 0.6) is 0 Å². The molecule has 2 aromatic rings. The summed E-state index contributed by atoms with van der Waals surface area (Å²) in [5.41, 5.74) is 4.00. The molecule has 2 rings (SSSR count). The summed E-state index contributed by atoms with van der Waals surface area (Å²) < 4.78 is 27.0. The number of sulfonamides is 1. The van der Waals surface area contributed by atoms with Crippen molar-refractivity contribution in [2.24, 2.45) is 0 Å². The lowest BCUT2D eigenvalue weighted by atomic mass is 10.0. The Labute approximate surface area is 155 Å². The lowest BCUT2D eigenvalue weighted by molar-refractivity contribution is -0.116. The van der Waals surface area contributed by atoms with Crippen LogP contribution in [-0.2, 0) is 27.7 Å². The van der Waals surface area contributed by atoms with Crippen LogP contribution >= 0.6 is 0 Å². The molecule has 0 spiro atoms. The van der Waals surface area contributed by atoms with Crippen molar-refractivity contribution in [3.63, 3.8) is 0 Å². The topological polar surface area (TPSA) is 75.3 Å². The molecule has 5 nitrogen and oxygen atoms in total. The number of carbonyl (C=O) groups is 1. The molecule has 0 atom stereocenters. The molecular weight excluding hydrogens is 348 g/mol. The fraction of sp³-hybridized carbons (Fsp3) is 0.350. The van der Waals surface area contributed by atoms with E-state index in [2.05, 4.69) is 10.0 Å². The highest BCUT2D eigenvalue weighted by molar-refractivity contribution is 7.89. The van der Waals surface area contributed by atoms with Gasteiger partial charge in [0.15, 0.2) is 0 Å². The average Bonchev–Trinajstić information content (AvgIpc) is 2.62. The van der Waals surface area contributed by atoms with E-state index in [9.17, 15) is 13.2 Å². The van der Waals surface area contributed by atoms with Crippen LogP contribution < -0.4 is 10.0 Å². The van der Waals surface area contributed by atoms with Gasteiger partial charge in [-0.3, -0.25) is 4.79 Å². The third kappa shape index (κ3) is 5.16. The van der Waals surface area contributed by atoms with Gasteiger partial charge in [-0.1, -0.05) is 49.7 Å². The van der Waals surface area contributed by atoms with E-state index in [1.807, 2.05) is 39.0 Å². The van der Waals surface area contributed by atoms with Crippen molar-refractivity contribution in [3.05, 3.63) is 59.2 Å². The number of amides is 1. The second-order valence-corrected chi connectivity index (χ2v) is 7.93. The van der Waals surface area contributed by atoms with Gasteiger partial charge in [0.1, 0.15) is 0 Å². The molecule has 1 amide bonds. The first-order chi connectivity index (χ1) is 12.4. The highest BCUT2D eigenvalue weighted by Gasteiger charge is 2.15. The first-order valence-electron chi connectivity index (χ1n) is 8.84. The lowest BCUT2D eigenvalue weighted by Crippen LogP contribution is -2.28. The van der Waals surface area contributed by atoms with Crippen LogP contribution in [0.3, 0.4) is 0 Å². The third-order valence-corrected chi connectivity index (χ3v) is 5.72. The summed E-state index contributed by atoms with van der Waals surface area (Å²) >= 11 is 0. The standard InChI is InChI=1S/C20H26N2O3S/c1-4-16-7-6-8-17(5-2)20(16)22-19(23)13-14-21-26(24,25)18-11-9-15(3)10-12-18/h6-12,21H,4-5,13-14H2,1-3H3,(H,22,23). The fourth-order valence-electron chi connectivity index (χ4n) is 2.70. The lowest BCUT2D eigenvalue weighted by Gasteiger charge is -2.14. The minimum Gasteiger partial charge on any atom is -0.326 e. The van der Waals surface area contributed by atoms with Gasteiger partial charge in [-0.2, -0.15) is 0 Å². The maximum Gasteiger partial charge on any atom is 0.240 e. The molecule has 0 bridgehead atoms. The van der Waals surface area contributed by atoms with Crippen LogP contribution in [0.4, 0.5) is 5.69 Å². The predicted molar refractivity (Wildman–Crippen MR) is 105 cm³/mol. The molecule has 0 aliphatic rings. The van der Waals surface area contributed by atoms with Crippen molar-refractivity contribution >= 4 is 21.6 Å². The molecule has 26 heavy (non-hydrogen) atoms. The van der Waals surface area contributed by atoms with Crippen LogP contribution in [0, 0.1) is 6.92 Å². The molecule has 2 aromatic carbocycles. The number of para-hydroxylation sites is 1. The summed E-state index contributed by atoms with van der Waals surface area (Å²) in [6.45, 7) is 6.03. The number of aryl methyl sites for hydroxylation is 3. The van der Waals surface area contributed by atoms with Gasteiger partial charge in [-0.25, -0.2) is 13.1 Å². The van der Waals surface area contributed by atoms with Gasteiger partial charge in [-0.15, -0.1) is 0 Å². The van der Waals surface area contributed by atoms with E-state index in [0.717, 1.165) is 35.2 Å². The summed E-state index contributed by atoms with van der Waals surface area (Å²) in [6, 6.07) is 12.6. The van der Waals surface area contributed by atoms with Gasteiger partial charge in [0.05, 0.1) is 4.90 Å². The quantitative estimate of drug-likeness (QED) is 0.743. The second kappa shape index (κ2) is 8.96. The Morgan fingerprint density at radius 1 is 0.962 bits per heavy atom. The minimum atomic E-state index is -3.60. The van der Waals surface area contributed by atoms with Crippen LogP contribution in [0.1, 0.15) is 37.0 Å². The van der Waals surface area contributed by atoms with Gasteiger partial charge in [-0.05, 0) is 43.0 Å². The highest BCUT2D eigenvalue weighted by atomic mass is 32.2. The molecule has 0 unspecified atom stereocenters. The Morgan fingerprint density at radius 3 is 2.08 bits per heavy atom. The summed E-state index contributed by atoms with van der Waals surface area (Å²) in [7, 11) is -3.60. The molecule has 0 heterocycles. The monoisotopic (exact) mass is 374 g/mol. The van der Waals surface area contributed by atoms with E-state index in [4.69, 9.17) is 0 Å². The summed E-state index contributed by atoms with van der Waals surface area (Å²) in [5, 5.41) is 2.94. The Morgan fingerprint density at radius 2 is 1.54 bits per heavy atom. The number of nitrogens with one attached hydrogen (secondary N) is 2. The normalized spacial score (nSPS) is 11.3. The van der Waals surface area contributed by atoms with Gasteiger partial charge in [0, 0.05) is 18.7 Å². The zero-order chi connectivity index (χ0) is 19.2. The zero-order valence-electron chi connectivity index (χ0n) is 15.5. The van der Waals surface area contributed by atoms with Crippen molar-refractivity contribution in [1.29, 1.82) is 0 Å². The maximum atomic E-state index is 12.3. The summed E-state index contributed by atoms with van der Waals surface area (Å²) in [5.74, 6) is -0.202. The minimum absolute atomic E-state index is 0.0534. The van der Waals surface area contributed by atoms with Crippen molar-refractivity contribution in [1.82, 2.24) is 4.72 Å². The molecule has 0 aromatic heterocycles. The fourth-order valence-corrected chi connectivity index (χ4v) is 3.74. The van der Waals surface area contributed by atoms with E-state index < -0.39 is 10.0 Å². The number of hydrogen-bond acceptors (Lipinski definition) is 3. The Hall–Kier alpha value is -2.18. The Kier molecular flexibility index (Phi) is 6.94. The maximum absolute atomic E-state index is 12.3. The molecule has 140 valence electrons. The van der Waals surface area contributed by atoms with Gasteiger partial charge >= 0.3 is 0 Å². The Bertz CT molecular complexity index is 837. The predicted octanol–water partition coefficient (Wildman–Crippen LogP) is 3.43. The van der Waals surface area contributed by atoms with E-state index in [1.54, 1.807) is 24.3 Å². The molecule has 6 heteroatoms. The van der Waals surface area contributed by atoms with E-state index >= 15 is 0 Å². The van der Waals surface area contributed by atoms with Crippen LogP contribution in [0.15, 0.2) is 47.4 Å². The molecule has 0 radical (unpaired) electrons. The first-order valence-corrected chi connectivity index (χ1v) is 10.3. The molecule has 0 saturated carbocycles. The van der Waals surface area contributed by atoms with Crippen molar-refractivity contribution in [3.8, 4) is 0 Å². The van der Waals surface area contributed by atoms with Crippen LogP contribution in [-0.4, -0.2) is 20.9 Å². The molecular formula is C20H26N2O3S. The summed E-state index contributed by atoms with van der Waals surface area (Å²) in [4.78, 5) is 12.5. The first kappa shape index (κ1) is 20.1. The van der Waals surface area contributed by atoms with E-state index in [0.29, 0.717) is 0 Å². The molecule has 0 fully saturated rings. The van der Waals surface area contributed by atoms with Gasteiger partial charge < -0.3 is 5.32 Å². The van der Waals surface area contributed by atoms with Gasteiger partial charge in [0.2, 0.25) is 15.9 Å². The largest absolute Gasteiger partial charge is 0.326 e. The number of benzene rings is 2. The van der Waals surface area contributed by atoms with Crippen molar-refractivity contribution in [2.45, 2.75) is 44.9 Å². The SMILES string of the molecule is CCc1cccc(CC)c1NC(=O)CCNS(=O)(=O)c1ccc(C)cc1. The molecule has 2 N–H and O–H groups in total.